The second-order valence-electron chi connectivity index (χ2n) is 3.48. The predicted molar refractivity (Wildman–Crippen MR) is 74.6 cm³/mol. The average Bonchev–Trinajstić information content (AvgIpc) is 2.35. The SMILES string of the molecule is CNCCCOc1c(I)cc(C#N)cc1[N+](=O)[O-]. The zero-order valence-corrected chi connectivity index (χ0v) is 11.9. The average molecular weight is 361 g/mol. The van der Waals surface area contributed by atoms with E-state index in [1.165, 1.54) is 6.07 Å². The summed E-state index contributed by atoms with van der Waals surface area (Å²) in [6, 6.07) is 4.69. The number of benzene rings is 1. The van der Waals surface area contributed by atoms with Crippen molar-refractivity contribution >= 4 is 28.3 Å². The molecule has 1 rings (SSSR count). The van der Waals surface area contributed by atoms with E-state index >= 15 is 0 Å². The van der Waals surface area contributed by atoms with Crippen LogP contribution >= 0.6 is 22.6 Å². The third-order valence-electron chi connectivity index (χ3n) is 2.17. The topological polar surface area (TPSA) is 88.2 Å². The van der Waals surface area contributed by atoms with Crippen LogP contribution in [0.1, 0.15) is 12.0 Å². The van der Waals surface area contributed by atoms with E-state index in [0.717, 1.165) is 13.0 Å². The van der Waals surface area contributed by atoms with Gasteiger partial charge >= 0.3 is 5.69 Å². The number of rotatable bonds is 6. The van der Waals surface area contributed by atoms with Crippen molar-refractivity contribution in [2.75, 3.05) is 20.2 Å². The normalized spacial score (nSPS) is 9.83. The number of nitriles is 1. The third-order valence-corrected chi connectivity index (χ3v) is 2.97. The zero-order chi connectivity index (χ0) is 13.5. The molecule has 0 amide bonds. The molecule has 96 valence electrons. The Morgan fingerprint density at radius 2 is 2.33 bits per heavy atom. The van der Waals surface area contributed by atoms with Crippen molar-refractivity contribution < 1.29 is 9.66 Å². The van der Waals surface area contributed by atoms with Crippen molar-refractivity contribution in [1.29, 1.82) is 5.26 Å². The Bertz CT molecular complexity index is 485. The standard InChI is InChI=1S/C11H12IN3O3/c1-14-3-2-4-18-11-9(12)5-8(7-13)6-10(11)15(16)17/h5-6,14H,2-4H2,1H3. The first-order chi connectivity index (χ1) is 8.60. The number of hydrogen-bond acceptors (Lipinski definition) is 5. The van der Waals surface area contributed by atoms with Crippen molar-refractivity contribution in [3.63, 3.8) is 0 Å². The van der Waals surface area contributed by atoms with Crippen LogP contribution in [0.5, 0.6) is 5.75 Å². The van der Waals surface area contributed by atoms with Crippen LogP contribution in [0.25, 0.3) is 0 Å². The number of halogens is 1. The van der Waals surface area contributed by atoms with E-state index in [1.54, 1.807) is 6.07 Å². The van der Waals surface area contributed by atoms with Gasteiger partial charge in [-0.1, -0.05) is 0 Å². The van der Waals surface area contributed by atoms with Crippen molar-refractivity contribution in [3.05, 3.63) is 31.4 Å². The molecule has 0 heterocycles. The summed E-state index contributed by atoms with van der Waals surface area (Å²) in [5.41, 5.74) is 0.0941. The van der Waals surface area contributed by atoms with Gasteiger partial charge in [0.05, 0.1) is 26.7 Å². The van der Waals surface area contributed by atoms with E-state index in [9.17, 15) is 10.1 Å². The van der Waals surface area contributed by atoms with Crippen molar-refractivity contribution in [1.82, 2.24) is 5.32 Å². The molecule has 7 heteroatoms. The number of hydrogen-bond donors (Lipinski definition) is 1. The quantitative estimate of drug-likeness (QED) is 0.363. The maximum Gasteiger partial charge on any atom is 0.313 e. The molecule has 0 fully saturated rings. The fourth-order valence-corrected chi connectivity index (χ4v) is 2.11. The summed E-state index contributed by atoms with van der Waals surface area (Å²) in [6.07, 6.45) is 0.754. The van der Waals surface area contributed by atoms with Gasteiger partial charge in [-0.05, 0) is 48.7 Å². The molecular weight excluding hydrogens is 349 g/mol. The Morgan fingerprint density at radius 3 is 2.89 bits per heavy atom. The minimum Gasteiger partial charge on any atom is -0.486 e. The van der Waals surface area contributed by atoms with Crippen LogP contribution in [-0.4, -0.2) is 25.1 Å². The summed E-state index contributed by atoms with van der Waals surface area (Å²) in [7, 11) is 1.83. The van der Waals surface area contributed by atoms with E-state index in [2.05, 4.69) is 5.32 Å². The Kier molecular flexibility index (Phi) is 5.80. The Hall–Kier alpha value is -1.40. The van der Waals surface area contributed by atoms with Gasteiger partial charge < -0.3 is 10.1 Å². The van der Waals surface area contributed by atoms with Gasteiger partial charge in [0.2, 0.25) is 5.75 Å². The van der Waals surface area contributed by atoms with Gasteiger partial charge in [0.25, 0.3) is 0 Å². The molecule has 0 atom stereocenters. The summed E-state index contributed by atoms with van der Waals surface area (Å²) in [5, 5.41) is 22.7. The third kappa shape index (κ3) is 3.82. The lowest BCUT2D eigenvalue weighted by Crippen LogP contribution is -2.12. The monoisotopic (exact) mass is 361 g/mol. The van der Waals surface area contributed by atoms with Gasteiger partial charge in [0.1, 0.15) is 0 Å². The first-order valence-corrected chi connectivity index (χ1v) is 6.33. The molecule has 0 aliphatic carbocycles. The second-order valence-corrected chi connectivity index (χ2v) is 4.64. The predicted octanol–water partition coefficient (Wildman–Crippen LogP) is 2.06. The zero-order valence-electron chi connectivity index (χ0n) is 9.77. The second kappa shape index (κ2) is 7.13. The molecule has 0 saturated heterocycles. The smallest absolute Gasteiger partial charge is 0.313 e. The van der Waals surface area contributed by atoms with Crippen LogP contribution in [-0.2, 0) is 0 Å². The number of nitrogens with zero attached hydrogens (tertiary/aromatic N) is 2. The van der Waals surface area contributed by atoms with Crippen molar-refractivity contribution in [3.8, 4) is 11.8 Å². The van der Waals surface area contributed by atoms with Crippen LogP contribution in [0.15, 0.2) is 12.1 Å². The maximum atomic E-state index is 10.9. The lowest BCUT2D eigenvalue weighted by molar-refractivity contribution is -0.386. The molecule has 0 saturated carbocycles. The van der Waals surface area contributed by atoms with E-state index in [1.807, 2.05) is 35.7 Å². The number of ether oxygens (including phenoxy) is 1. The maximum absolute atomic E-state index is 10.9. The van der Waals surface area contributed by atoms with Crippen LogP contribution in [0.4, 0.5) is 5.69 Å². The summed E-state index contributed by atoms with van der Waals surface area (Å²) in [6.45, 7) is 1.17. The Morgan fingerprint density at radius 1 is 1.61 bits per heavy atom. The molecule has 1 aromatic carbocycles. The minimum absolute atomic E-state index is 0.164. The molecule has 6 nitrogen and oxygen atoms in total. The van der Waals surface area contributed by atoms with Gasteiger partial charge in [-0.15, -0.1) is 0 Å². The van der Waals surface area contributed by atoms with E-state index in [4.69, 9.17) is 10.00 Å². The van der Waals surface area contributed by atoms with E-state index in [-0.39, 0.29) is 17.0 Å². The fourth-order valence-electron chi connectivity index (χ4n) is 1.35. The lowest BCUT2D eigenvalue weighted by atomic mass is 10.2. The van der Waals surface area contributed by atoms with Gasteiger partial charge in [-0.25, -0.2) is 0 Å². The minimum atomic E-state index is -0.531. The first-order valence-electron chi connectivity index (χ1n) is 5.25. The highest BCUT2D eigenvalue weighted by Crippen LogP contribution is 2.33. The highest BCUT2D eigenvalue weighted by molar-refractivity contribution is 14.1. The highest BCUT2D eigenvalue weighted by Gasteiger charge is 2.20. The van der Waals surface area contributed by atoms with E-state index in [0.29, 0.717) is 10.2 Å². The molecule has 0 aliphatic rings. The summed E-state index contributed by atoms with van der Waals surface area (Å²) in [4.78, 5) is 10.4. The molecule has 0 aliphatic heterocycles. The fraction of sp³-hybridized carbons (Fsp3) is 0.364. The molecule has 0 aromatic heterocycles. The number of nitrogens with one attached hydrogen (secondary N) is 1. The molecule has 1 aromatic rings. The number of nitro benzene ring substituents is 1. The van der Waals surface area contributed by atoms with Crippen molar-refractivity contribution in [2.24, 2.45) is 0 Å². The molecular formula is C11H12IN3O3. The number of nitro groups is 1. The van der Waals surface area contributed by atoms with Crippen molar-refractivity contribution in [2.45, 2.75) is 6.42 Å². The van der Waals surface area contributed by atoms with Gasteiger partial charge in [-0.3, -0.25) is 10.1 Å². The molecule has 0 radical (unpaired) electrons. The van der Waals surface area contributed by atoms with Crippen LogP contribution in [0.3, 0.4) is 0 Å². The van der Waals surface area contributed by atoms with E-state index < -0.39 is 4.92 Å². The summed E-state index contributed by atoms with van der Waals surface area (Å²) in [5.74, 6) is 0.232. The lowest BCUT2D eigenvalue weighted by Gasteiger charge is -2.08. The van der Waals surface area contributed by atoms with Crippen LogP contribution < -0.4 is 10.1 Å². The highest BCUT2D eigenvalue weighted by atomic mass is 127. The van der Waals surface area contributed by atoms with Gasteiger partial charge in [-0.2, -0.15) is 5.26 Å². The van der Waals surface area contributed by atoms with Crippen LogP contribution in [0, 0.1) is 25.0 Å². The van der Waals surface area contributed by atoms with Gasteiger partial charge in [0.15, 0.2) is 0 Å². The molecule has 18 heavy (non-hydrogen) atoms. The van der Waals surface area contributed by atoms with Gasteiger partial charge in [0, 0.05) is 6.07 Å². The largest absolute Gasteiger partial charge is 0.486 e. The Labute approximate surface area is 118 Å². The molecule has 0 unspecified atom stereocenters. The summed E-state index contributed by atoms with van der Waals surface area (Å²) < 4.78 is 6.00. The molecule has 0 bridgehead atoms. The summed E-state index contributed by atoms with van der Waals surface area (Å²) >= 11 is 1.93. The van der Waals surface area contributed by atoms with Crippen LogP contribution in [0.2, 0.25) is 0 Å². The first kappa shape index (κ1) is 14.7. The molecule has 1 N–H and O–H groups in total. The molecule has 0 spiro atoms. The Balaban J connectivity index is 2.95.